The number of hydrogen-bond acceptors (Lipinski definition) is 2. The van der Waals surface area contributed by atoms with Crippen LogP contribution in [0, 0.1) is 13.8 Å². The molecule has 0 fully saturated rings. The summed E-state index contributed by atoms with van der Waals surface area (Å²) in [7, 11) is 0. The second-order valence-corrected chi connectivity index (χ2v) is 4.13. The third-order valence-electron chi connectivity index (χ3n) is 2.82. The lowest BCUT2D eigenvalue weighted by Gasteiger charge is -2.06. The van der Waals surface area contributed by atoms with Crippen molar-refractivity contribution in [2.45, 2.75) is 27.3 Å². The summed E-state index contributed by atoms with van der Waals surface area (Å²) in [4.78, 5) is 12.4. The molecule has 0 aliphatic heterocycles. The van der Waals surface area contributed by atoms with Crippen molar-refractivity contribution >= 4 is 5.78 Å². The van der Waals surface area contributed by atoms with Crippen LogP contribution in [-0.4, -0.2) is 15.6 Å². The molecule has 1 aromatic carbocycles. The maximum atomic E-state index is 12.4. The molecule has 0 amide bonds. The molecule has 17 heavy (non-hydrogen) atoms. The van der Waals surface area contributed by atoms with E-state index < -0.39 is 0 Å². The molecule has 3 nitrogen and oxygen atoms in total. The summed E-state index contributed by atoms with van der Waals surface area (Å²) >= 11 is 0. The van der Waals surface area contributed by atoms with Crippen LogP contribution in [0.2, 0.25) is 0 Å². The number of aromatic nitrogens is 2. The highest BCUT2D eigenvalue weighted by Crippen LogP contribution is 2.14. The number of carbonyl (C=O) groups is 1. The number of hydrogen-bond donors (Lipinski definition) is 0. The molecule has 0 radical (unpaired) electrons. The van der Waals surface area contributed by atoms with Crippen molar-refractivity contribution < 1.29 is 4.79 Å². The molecule has 2 aromatic rings. The molecule has 1 aromatic heterocycles. The van der Waals surface area contributed by atoms with Gasteiger partial charge in [-0.15, -0.1) is 0 Å². The van der Waals surface area contributed by atoms with Crippen LogP contribution in [0.5, 0.6) is 0 Å². The summed E-state index contributed by atoms with van der Waals surface area (Å²) in [5.74, 6) is 0.0468. The molecule has 2 rings (SSSR count). The Kier molecular flexibility index (Phi) is 3.09. The highest BCUT2D eigenvalue weighted by molar-refractivity contribution is 6.08. The Balaban J connectivity index is 2.47. The van der Waals surface area contributed by atoms with Crippen LogP contribution in [0.15, 0.2) is 30.3 Å². The average Bonchev–Trinajstić information content (AvgIpc) is 2.70. The Morgan fingerprint density at radius 3 is 2.65 bits per heavy atom. The third-order valence-corrected chi connectivity index (χ3v) is 2.82. The molecule has 0 bridgehead atoms. The van der Waals surface area contributed by atoms with E-state index in [9.17, 15) is 4.79 Å². The molecule has 0 unspecified atom stereocenters. The predicted molar refractivity (Wildman–Crippen MR) is 67.2 cm³/mol. The molecular weight excluding hydrogens is 212 g/mol. The minimum absolute atomic E-state index is 0.0468. The molecular formula is C14H16N2O. The third kappa shape index (κ3) is 2.13. The van der Waals surface area contributed by atoms with Gasteiger partial charge >= 0.3 is 0 Å². The van der Waals surface area contributed by atoms with Crippen molar-refractivity contribution in [3.05, 3.63) is 52.8 Å². The molecule has 1 heterocycles. The van der Waals surface area contributed by atoms with Crippen molar-refractivity contribution in [1.29, 1.82) is 0 Å². The van der Waals surface area contributed by atoms with Crippen molar-refractivity contribution in [2.75, 3.05) is 0 Å². The van der Waals surface area contributed by atoms with Gasteiger partial charge in [-0.25, -0.2) is 0 Å². The van der Waals surface area contributed by atoms with Gasteiger partial charge in [0.25, 0.3) is 0 Å². The van der Waals surface area contributed by atoms with Crippen LogP contribution < -0.4 is 0 Å². The van der Waals surface area contributed by atoms with Crippen molar-refractivity contribution in [1.82, 2.24) is 9.78 Å². The smallest absolute Gasteiger partial charge is 0.211 e. The number of benzene rings is 1. The zero-order chi connectivity index (χ0) is 12.4. The van der Waals surface area contributed by atoms with Crippen LogP contribution in [-0.2, 0) is 6.54 Å². The van der Waals surface area contributed by atoms with E-state index in [1.54, 1.807) is 4.68 Å². The van der Waals surface area contributed by atoms with Gasteiger partial charge in [0.2, 0.25) is 5.78 Å². The number of nitrogens with zero attached hydrogens (tertiary/aromatic N) is 2. The van der Waals surface area contributed by atoms with Crippen LogP contribution in [0.1, 0.15) is 34.2 Å². The summed E-state index contributed by atoms with van der Waals surface area (Å²) in [5.41, 5.74) is 3.30. The lowest BCUT2D eigenvalue weighted by molar-refractivity contribution is 0.102. The lowest BCUT2D eigenvalue weighted by atomic mass is 10.0. The number of rotatable bonds is 3. The summed E-state index contributed by atoms with van der Waals surface area (Å²) in [5, 5.41) is 4.30. The van der Waals surface area contributed by atoms with Crippen LogP contribution in [0.4, 0.5) is 0 Å². The van der Waals surface area contributed by atoms with Gasteiger partial charge in [0.1, 0.15) is 5.69 Å². The lowest BCUT2D eigenvalue weighted by Crippen LogP contribution is -2.11. The normalized spacial score (nSPS) is 10.5. The van der Waals surface area contributed by atoms with E-state index in [0.717, 1.165) is 16.8 Å². The van der Waals surface area contributed by atoms with E-state index in [-0.39, 0.29) is 5.78 Å². The fourth-order valence-corrected chi connectivity index (χ4v) is 1.93. The summed E-state index contributed by atoms with van der Waals surface area (Å²) in [6.07, 6.45) is 0. The van der Waals surface area contributed by atoms with Gasteiger partial charge in [-0.3, -0.25) is 9.48 Å². The van der Waals surface area contributed by atoms with Crippen LogP contribution in [0.3, 0.4) is 0 Å². The molecule has 0 N–H and O–H groups in total. The molecule has 88 valence electrons. The van der Waals surface area contributed by atoms with E-state index in [2.05, 4.69) is 5.10 Å². The van der Waals surface area contributed by atoms with Crippen LogP contribution in [0.25, 0.3) is 0 Å². The summed E-state index contributed by atoms with van der Waals surface area (Å²) in [6, 6.07) is 9.49. The first-order valence-electron chi connectivity index (χ1n) is 5.78. The summed E-state index contributed by atoms with van der Waals surface area (Å²) < 4.78 is 1.75. The zero-order valence-corrected chi connectivity index (χ0v) is 10.4. The molecule has 0 saturated carbocycles. The van der Waals surface area contributed by atoms with Gasteiger partial charge in [0.05, 0.1) is 5.69 Å². The maximum absolute atomic E-state index is 12.4. The first-order chi connectivity index (χ1) is 8.13. The van der Waals surface area contributed by atoms with Gasteiger partial charge in [-0.05, 0) is 32.4 Å². The largest absolute Gasteiger partial charge is 0.287 e. The molecule has 0 saturated heterocycles. The van der Waals surface area contributed by atoms with Gasteiger partial charge in [0.15, 0.2) is 0 Å². The minimum Gasteiger partial charge on any atom is -0.287 e. The van der Waals surface area contributed by atoms with Gasteiger partial charge in [-0.1, -0.05) is 24.3 Å². The Hall–Kier alpha value is -1.90. The first-order valence-corrected chi connectivity index (χ1v) is 5.78. The van der Waals surface area contributed by atoms with Gasteiger partial charge in [-0.2, -0.15) is 5.10 Å². The predicted octanol–water partition coefficient (Wildman–Crippen LogP) is 2.75. The second-order valence-electron chi connectivity index (χ2n) is 4.13. The standard InChI is InChI=1S/C14H16N2O/c1-4-16-13(9-11(3)15-16)14(17)12-8-6-5-7-10(12)2/h5-9H,4H2,1-3H3. The second kappa shape index (κ2) is 4.53. The SMILES string of the molecule is CCn1nc(C)cc1C(=O)c1ccccc1C. The van der Waals surface area contributed by atoms with Gasteiger partial charge < -0.3 is 0 Å². The number of ketones is 1. The monoisotopic (exact) mass is 228 g/mol. The maximum Gasteiger partial charge on any atom is 0.211 e. The minimum atomic E-state index is 0.0468. The average molecular weight is 228 g/mol. The Bertz CT molecular complexity index is 555. The van der Waals surface area contributed by atoms with E-state index in [4.69, 9.17) is 0 Å². The molecule has 0 aliphatic rings. The Morgan fingerprint density at radius 1 is 1.29 bits per heavy atom. The van der Waals surface area contributed by atoms with E-state index in [0.29, 0.717) is 12.2 Å². The highest BCUT2D eigenvalue weighted by Gasteiger charge is 2.16. The Morgan fingerprint density at radius 2 is 2.00 bits per heavy atom. The van der Waals surface area contributed by atoms with Crippen molar-refractivity contribution in [3.8, 4) is 0 Å². The van der Waals surface area contributed by atoms with E-state index >= 15 is 0 Å². The number of aryl methyl sites for hydroxylation is 3. The molecule has 3 heteroatoms. The Labute approximate surface area is 101 Å². The number of carbonyl (C=O) groups excluding carboxylic acids is 1. The van der Waals surface area contributed by atoms with Crippen molar-refractivity contribution in [3.63, 3.8) is 0 Å². The first kappa shape index (κ1) is 11.6. The van der Waals surface area contributed by atoms with E-state index in [1.165, 1.54) is 0 Å². The topological polar surface area (TPSA) is 34.9 Å². The quantitative estimate of drug-likeness (QED) is 0.757. The fourth-order valence-electron chi connectivity index (χ4n) is 1.93. The molecule has 0 spiro atoms. The molecule has 0 atom stereocenters. The van der Waals surface area contributed by atoms with Gasteiger partial charge in [0, 0.05) is 12.1 Å². The van der Waals surface area contributed by atoms with Crippen LogP contribution >= 0.6 is 0 Å². The fraction of sp³-hybridized carbons (Fsp3) is 0.286. The highest BCUT2D eigenvalue weighted by atomic mass is 16.1. The summed E-state index contributed by atoms with van der Waals surface area (Å²) in [6.45, 7) is 6.55. The zero-order valence-electron chi connectivity index (χ0n) is 10.4. The van der Waals surface area contributed by atoms with Crippen molar-refractivity contribution in [2.24, 2.45) is 0 Å². The molecule has 0 aliphatic carbocycles. The van der Waals surface area contributed by atoms with E-state index in [1.807, 2.05) is 51.1 Å².